The molecule has 1 saturated carbocycles. The molecule has 2 N–H and O–H groups in total. The van der Waals surface area contributed by atoms with Crippen molar-refractivity contribution in [3.8, 4) is 0 Å². The molecule has 1 aromatic carbocycles. The van der Waals surface area contributed by atoms with Gasteiger partial charge in [0.15, 0.2) is 0 Å². The Hall–Kier alpha value is -1.63. The van der Waals surface area contributed by atoms with Gasteiger partial charge in [0.05, 0.1) is 12.7 Å². The summed E-state index contributed by atoms with van der Waals surface area (Å²) in [5.41, 5.74) is 0.997. The number of amides is 1. The Balaban J connectivity index is 1.45. The predicted octanol–water partition coefficient (Wildman–Crippen LogP) is 3.73. The fourth-order valence-electron chi connectivity index (χ4n) is 3.68. The lowest BCUT2D eigenvalue weighted by molar-refractivity contribution is 0.0199. The van der Waals surface area contributed by atoms with Crippen molar-refractivity contribution in [3.05, 3.63) is 35.9 Å². The molecule has 0 radical (unpaired) electrons. The minimum absolute atomic E-state index is 0.189. The molecule has 164 valence electrons. The van der Waals surface area contributed by atoms with Crippen molar-refractivity contribution in [1.82, 2.24) is 10.2 Å². The van der Waals surface area contributed by atoms with Crippen LogP contribution >= 0.6 is 0 Å². The number of hydrogen-bond donors (Lipinski definition) is 2. The van der Waals surface area contributed by atoms with E-state index in [1.165, 1.54) is 19.3 Å². The molecule has 0 bridgehead atoms. The smallest absolute Gasteiger partial charge is 0.407 e. The van der Waals surface area contributed by atoms with E-state index in [0.29, 0.717) is 12.7 Å². The molecule has 6 nitrogen and oxygen atoms in total. The number of likely N-dealkylation sites (N-methyl/N-ethyl adjacent to an activating group) is 1. The number of hydrogen-bond acceptors (Lipinski definition) is 5. The van der Waals surface area contributed by atoms with Gasteiger partial charge < -0.3 is 24.8 Å². The maximum atomic E-state index is 12.0. The maximum absolute atomic E-state index is 12.0. The first kappa shape index (κ1) is 23.6. The number of aliphatic hydroxyl groups excluding tert-OH is 1. The average Bonchev–Trinajstić information content (AvgIpc) is 2.74. The first-order chi connectivity index (χ1) is 14.2. The summed E-state index contributed by atoms with van der Waals surface area (Å²) >= 11 is 0. The molecule has 1 aliphatic rings. The van der Waals surface area contributed by atoms with E-state index < -0.39 is 0 Å². The average molecular weight is 407 g/mol. The Morgan fingerprint density at radius 1 is 1.07 bits per heavy atom. The molecule has 0 saturated heterocycles. The van der Waals surface area contributed by atoms with Gasteiger partial charge in [-0.2, -0.15) is 0 Å². The second kappa shape index (κ2) is 14.4. The highest BCUT2D eigenvalue weighted by molar-refractivity contribution is 5.67. The van der Waals surface area contributed by atoms with Crippen molar-refractivity contribution >= 4 is 6.09 Å². The SMILES string of the molecule is CN(CCO)CCCCCCOC1CCC(NC(=O)OCc2ccccc2)CC1. The van der Waals surface area contributed by atoms with E-state index in [9.17, 15) is 4.79 Å². The Kier molecular flexibility index (Phi) is 11.7. The summed E-state index contributed by atoms with van der Waals surface area (Å²) in [4.78, 5) is 14.1. The zero-order valence-corrected chi connectivity index (χ0v) is 17.9. The monoisotopic (exact) mass is 406 g/mol. The van der Waals surface area contributed by atoms with Crippen LogP contribution in [0.5, 0.6) is 0 Å². The standard InChI is InChI=1S/C23H38N2O4/c1-25(16-17-26)15-7-2-3-8-18-28-22-13-11-21(12-14-22)24-23(27)29-19-20-9-5-4-6-10-20/h4-6,9-10,21-22,26H,2-3,7-8,11-19H2,1H3,(H,24,27). The number of unbranched alkanes of at least 4 members (excludes halogenated alkanes) is 3. The predicted molar refractivity (Wildman–Crippen MR) is 115 cm³/mol. The molecule has 0 aromatic heterocycles. The second-order valence-electron chi connectivity index (χ2n) is 7.99. The van der Waals surface area contributed by atoms with Crippen LogP contribution in [0.1, 0.15) is 56.9 Å². The number of rotatable bonds is 13. The topological polar surface area (TPSA) is 71.0 Å². The van der Waals surface area contributed by atoms with Crippen molar-refractivity contribution in [2.45, 2.75) is 70.1 Å². The third-order valence-corrected chi connectivity index (χ3v) is 5.48. The molecular weight excluding hydrogens is 368 g/mol. The van der Waals surface area contributed by atoms with Crippen LogP contribution in [0.2, 0.25) is 0 Å². The molecule has 1 fully saturated rings. The molecule has 1 aromatic rings. The van der Waals surface area contributed by atoms with E-state index in [1.807, 2.05) is 37.4 Å². The third kappa shape index (κ3) is 10.6. The summed E-state index contributed by atoms with van der Waals surface area (Å²) in [5, 5.41) is 11.9. The molecule has 0 heterocycles. The van der Waals surface area contributed by atoms with Gasteiger partial charge in [0, 0.05) is 19.2 Å². The second-order valence-corrected chi connectivity index (χ2v) is 7.99. The van der Waals surface area contributed by atoms with Crippen LogP contribution < -0.4 is 5.32 Å². The van der Waals surface area contributed by atoms with E-state index in [2.05, 4.69) is 10.2 Å². The number of alkyl carbamates (subject to hydrolysis) is 1. The summed E-state index contributed by atoms with van der Waals surface area (Å²) in [6.45, 7) is 3.17. The first-order valence-electron chi connectivity index (χ1n) is 11.1. The van der Waals surface area contributed by atoms with Crippen molar-refractivity contribution in [2.24, 2.45) is 0 Å². The van der Waals surface area contributed by atoms with Gasteiger partial charge >= 0.3 is 6.09 Å². The molecule has 1 amide bonds. The van der Waals surface area contributed by atoms with E-state index in [4.69, 9.17) is 14.6 Å². The zero-order valence-electron chi connectivity index (χ0n) is 17.9. The van der Waals surface area contributed by atoms with Crippen molar-refractivity contribution < 1.29 is 19.4 Å². The van der Waals surface area contributed by atoms with Crippen molar-refractivity contribution in [3.63, 3.8) is 0 Å². The summed E-state index contributed by atoms with van der Waals surface area (Å²) in [5.74, 6) is 0. The first-order valence-corrected chi connectivity index (χ1v) is 11.1. The van der Waals surface area contributed by atoms with Crippen LogP contribution in [0.15, 0.2) is 30.3 Å². The molecule has 29 heavy (non-hydrogen) atoms. The lowest BCUT2D eigenvalue weighted by Gasteiger charge is -2.29. The quantitative estimate of drug-likeness (QED) is 0.489. The van der Waals surface area contributed by atoms with Gasteiger partial charge in [-0.3, -0.25) is 0 Å². The molecule has 6 heteroatoms. The summed E-state index contributed by atoms with van der Waals surface area (Å²) in [7, 11) is 2.05. The molecule has 1 aliphatic carbocycles. The van der Waals surface area contributed by atoms with E-state index in [0.717, 1.165) is 57.4 Å². The minimum atomic E-state index is -0.331. The largest absolute Gasteiger partial charge is 0.445 e. The van der Waals surface area contributed by atoms with Crippen LogP contribution in [-0.4, -0.2) is 61.6 Å². The molecule has 0 atom stereocenters. The number of carbonyl (C=O) groups is 1. The lowest BCUT2D eigenvalue weighted by Crippen LogP contribution is -2.39. The highest BCUT2D eigenvalue weighted by Gasteiger charge is 2.23. The summed E-state index contributed by atoms with van der Waals surface area (Å²) in [6.07, 6.45) is 8.56. The highest BCUT2D eigenvalue weighted by Crippen LogP contribution is 2.22. The minimum Gasteiger partial charge on any atom is -0.445 e. The van der Waals surface area contributed by atoms with E-state index in [-0.39, 0.29) is 18.7 Å². The van der Waals surface area contributed by atoms with Crippen molar-refractivity contribution in [1.29, 1.82) is 0 Å². The fourth-order valence-corrected chi connectivity index (χ4v) is 3.68. The molecule has 0 unspecified atom stereocenters. The van der Waals surface area contributed by atoms with E-state index >= 15 is 0 Å². The molecule has 2 rings (SSSR count). The zero-order chi connectivity index (χ0) is 20.7. The van der Waals surface area contributed by atoms with Crippen molar-refractivity contribution in [2.75, 3.05) is 33.4 Å². The van der Waals surface area contributed by atoms with Crippen LogP contribution in [0.25, 0.3) is 0 Å². The van der Waals surface area contributed by atoms with Gasteiger partial charge in [0.25, 0.3) is 0 Å². The van der Waals surface area contributed by atoms with Gasteiger partial charge in [0.2, 0.25) is 0 Å². The van der Waals surface area contributed by atoms with Gasteiger partial charge in [-0.15, -0.1) is 0 Å². The lowest BCUT2D eigenvalue weighted by atomic mass is 9.93. The fraction of sp³-hybridized carbons (Fsp3) is 0.696. The van der Waals surface area contributed by atoms with Crippen LogP contribution in [0, 0.1) is 0 Å². The van der Waals surface area contributed by atoms with Crippen LogP contribution in [0.4, 0.5) is 4.79 Å². The Bertz CT molecular complexity index is 547. The Labute approximate surface area is 175 Å². The Morgan fingerprint density at radius 3 is 2.52 bits per heavy atom. The maximum Gasteiger partial charge on any atom is 0.407 e. The third-order valence-electron chi connectivity index (χ3n) is 5.48. The number of ether oxygens (including phenoxy) is 2. The van der Waals surface area contributed by atoms with Crippen LogP contribution in [0.3, 0.4) is 0 Å². The van der Waals surface area contributed by atoms with Gasteiger partial charge in [0.1, 0.15) is 6.61 Å². The number of nitrogens with zero attached hydrogens (tertiary/aromatic N) is 1. The van der Waals surface area contributed by atoms with Gasteiger partial charge in [-0.25, -0.2) is 4.79 Å². The Morgan fingerprint density at radius 2 is 1.79 bits per heavy atom. The van der Waals surface area contributed by atoms with Crippen LogP contribution in [-0.2, 0) is 16.1 Å². The van der Waals surface area contributed by atoms with Gasteiger partial charge in [-0.05, 0) is 57.7 Å². The molecule has 0 spiro atoms. The number of benzene rings is 1. The molecule has 0 aliphatic heterocycles. The number of nitrogens with one attached hydrogen (secondary N) is 1. The summed E-state index contributed by atoms with van der Waals surface area (Å²) in [6, 6.07) is 9.92. The molecular formula is C23H38N2O4. The highest BCUT2D eigenvalue weighted by atomic mass is 16.5. The van der Waals surface area contributed by atoms with E-state index in [1.54, 1.807) is 0 Å². The number of aliphatic hydroxyl groups is 1. The van der Waals surface area contributed by atoms with Gasteiger partial charge in [-0.1, -0.05) is 43.2 Å². The summed E-state index contributed by atoms with van der Waals surface area (Å²) < 4.78 is 11.3. The number of carbonyl (C=O) groups excluding carboxylic acids is 1. The normalized spacial score (nSPS) is 19.3.